The highest BCUT2D eigenvalue weighted by Crippen LogP contribution is 2.49. The summed E-state index contributed by atoms with van der Waals surface area (Å²) in [5.74, 6) is 0. The number of nitrogens with zero attached hydrogens (tertiary/aromatic N) is 1. The summed E-state index contributed by atoms with van der Waals surface area (Å²) >= 11 is 0. The second kappa shape index (κ2) is 6.71. The lowest BCUT2D eigenvalue weighted by atomic mass is 9.94. The van der Waals surface area contributed by atoms with Crippen molar-refractivity contribution < 1.29 is 5.11 Å². The van der Waals surface area contributed by atoms with Gasteiger partial charge >= 0.3 is 0 Å². The largest absolute Gasteiger partial charge is 0.396 e. The SMILES string of the molecule is OCCCCc1c2n(c3ccccc13)C(c1ccccc1)c1ccccc1-2. The molecule has 0 saturated heterocycles. The first-order chi connectivity index (χ1) is 13.4. The first-order valence-corrected chi connectivity index (χ1v) is 9.77. The predicted molar refractivity (Wildman–Crippen MR) is 111 cm³/mol. The molecule has 0 saturated carbocycles. The Kier molecular flexibility index (Phi) is 4.06. The van der Waals surface area contributed by atoms with Crippen LogP contribution in [0.2, 0.25) is 0 Å². The van der Waals surface area contributed by atoms with Crippen molar-refractivity contribution in [3.05, 3.63) is 95.6 Å². The Balaban J connectivity index is 1.80. The van der Waals surface area contributed by atoms with Crippen LogP contribution in [-0.4, -0.2) is 16.3 Å². The van der Waals surface area contributed by atoms with Crippen LogP contribution in [0.15, 0.2) is 78.9 Å². The average molecular weight is 353 g/mol. The summed E-state index contributed by atoms with van der Waals surface area (Å²) in [7, 11) is 0. The minimum Gasteiger partial charge on any atom is -0.396 e. The van der Waals surface area contributed by atoms with Crippen molar-refractivity contribution in [1.29, 1.82) is 0 Å². The molecular formula is C25H23NO. The smallest absolute Gasteiger partial charge is 0.0851 e. The monoisotopic (exact) mass is 353 g/mol. The summed E-state index contributed by atoms with van der Waals surface area (Å²) in [6.07, 6.45) is 2.86. The van der Waals surface area contributed by atoms with Gasteiger partial charge in [-0.2, -0.15) is 0 Å². The van der Waals surface area contributed by atoms with Gasteiger partial charge in [-0.25, -0.2) is 0 Å². The average Bonchev–Trinajstić information content (AvgIpc) is 3.22. The Morgan fingerprint density at radius 2 is 1.52 bits per heavy atom. The molecule has 2 heteroatoms. The van der Waals surface area contributed by atoms with Gasteiger partial charge in [-0.3, -0.25) is 0 Å². The van der Waals surface area contributed by atoms with Crippen LogP contribution in [0, 0.1) is 0 Å². The molecule has 5 rings (SSSR count). The van der Waals surface area contributed by atoms with Gasteiger partial charge in [0.05, 0.1) is 11.7 Å². The number of hydrogen-bond acceptors (Lipinski definition) is 1. The van der Waals surface area contributed by atoms with Gasteiger partial charge in [-0.1, -0.05) is 72.8 Å². The van der Waals surface area contributed by atoms with Crippen LogP contribution in [0.4, 0.5) is 0 Å². The van der Waals surface area contributed by atoms with Gasteiger partial charge in [-0.05, 0) is 42.0 Å². The third-order valence-corrected chi connectivity index (χ3v) is 5.73. The molecule has 0 bridgehead atoms. The molecule has 1 aromatic heterocycles. The Bertz CT molecular complexity index is 1090. The Morgan fingerprint density at radius 3 is 2.37 bits per heavy atom. The summed E-state index contributed by atoms with van der Waals surface area (Å²) in [4.78, 5) is 0. The molecule has 0 radical (unpaired) electrons. The van der Waals surface area contributed by atoms with Crippen LogP contribution in [0.5, 0.6) is 0 Å². The Morgan fingerprint density at radius 1 is 0.778 bits per heavy atom. The number of aliphatic hydroxyl groups excluding tert-OH is 1. The number of benzene rings is 3. The molecule has 1 aliphatic rings. The van der Waals surface area contributed by atoms with Crippen LogP contribution in [0.3, 0.4) is 0 Å². The van der Waals surface area contributed by atoms with E-state index in [1.165, 1.54) is 38.9 Å². The summed E-state index contributed by atoms with van der Waals surface area (Å²) in [6.45, 7) is 0.261. The number of aliphatic hydroxyl groups is 1. The van der Waals surface area contributed by atoms with Crippen molar-refractivity contribution in [1.82, 2.24) is 4.57 Å². The van der Waals surface area contributed by atoms with Gasteiger partial charge < -0.3 is 9.67 Å². The minimum atomic E-state index is 0.217. The van der Waals surface area contributed by atoms with E-state index in [0.29, 0.717) is 0 Å². The lowest BCUT2D eigenvalue weighted by Crippen LogP contribution is -2.07. The van der Waals surface area contributed by atoms with Gasteiger partial charge in [0, 0.05) is 23.1 Å². The van der Waals surface area contributed by atoms with Gasteiger partial charge in [-0.15, -0.1) is 0 Å². The van der Waals surface area contributed by atoms with E-state index in [0.717, 1.165) is 19.3 Å². The number of fused-ring (bicyclic) bond motifs is 5. The lowest BCUT2D eigenvalue weighted by molar-refractivity contribution is 0.284. The molecule has 1 unspecified atom stereocenters. The number of aryl methyl sites for hydroxylation is 1. The molecule has 4 aromatic rings. The molecule has 0 amide bonds. The summed E-state index contributed by atoms with van der Waals surface area (Å²) in [6, 6.07) is 28.6. The van der Waals surface area contributed by atoms with Crippen molar-refractivity contribution >= 4 is 10.9 Å². The fraction of sp³-hybridized carbons (Fsp3) is 0.200. The van der Waals surface area contributed by atoms with Crippen LogP contribution in [0.25, 0.3) is 22.2 Å². The number of rotatable bonds is 5. The highest BCUT2D eigenvalue weighted by molar-refractivity contribution is 5.95. The zero-order chi connectivity index (χ0) is 18.2. The predicted octanol–water partition coefficient (Wildman–Crippen LogP) is 5.57. The van der Waals surface area contributed by atoms with E-state index in [-0.39, 0.29) is 12.6 Å². The van der Waals surface area contributed by atoms with Crippen molar-refractivity contribution in [2.24, 2.45) is 0 Å². The number of aromatic nitrogens is 1. The summed E-state index contributed by atoms with van der Waals surface area (Å²) in [5, 5.41) is 10.6. The van der Waals surface area contributed by atoms with E-state index < -0.39 is 0 Å². The van der Waals surface area contributed by atoms with Crippen molar-refractivity contribution in [2.45, 2.75) is 25.3 Å². The Hall–Kier alpha value is -2.84. The molecule has 2 nitrogen and oxygen atoms in total. The molecule has 1 N–H and O–H groups in total. The van der Waals surface area contributed by atoms with Gasteiger partial charge in [0.1, 0.15) is 0 Å². The summed E-state index contributed by atoms with van der Waals surface area (Å²) in [5.41, 5.74) is 8.14. The van der Waals surface area contributed by atoms with Gasteiger partial charge in [0.2, 0.25) is 0 Å². The maximum atomic E-state index is 9.24. The fourth-order valence-electron chi connectivity index (χ4n) is 4.61. The first kappa shape index (κ1) is 16.3. The molecule has 1 aliphatic heterocycles. The van der Waals surface area contributed by atoms with Crippen LogP contribution < -0.4 is 0 Å². The highest BCUT2D eigenvalue weighted by Gasteiger charge is 2.33. The second-order valence-corrected chi connectivity index (χ2v) is 7.30. The van der Waals surface area contributed by atoms with Gasteiger partial charge in [0.15, 0.2) is 0 Å². The third kappa shape index (κ3) is 2.52. The standard InChI is InChI=1S/C25H23NO/c27-17-9-8-15-20-19-12-6-7-16-23(19)26-24(18-10-2-1-3-11-18)21-13-4-5-14-22(21)25(20)26/h1-7,10-14,16,24,27H,8-9,15,17H2. The van der Waals surface area contributed by atoms with E-state index in [1.807, 2.05) is 0 Å². The number of hydrogen-bond donors (Lipinski definition) is 1. The minimum absolute atomic E-state index is 0.217. The first-order valence-electron chi connectivity index (χ1n) is 9.77. The molecule has 1 atom stereocenters. The zero-order valence-corrected chi connectivity index (χ0v) is 15.3. The molecule has 0 aliphatic carbocycles. The van der Waals surface area contributed by atoms with Crippen molar-refractivity contribution in [3.8, 4) is 11.3 Å². The van der Waals surface area contributed by atoms with Crippen molar-refractivity contribution in [3.63, 3.8) is 0 Å². The Labute approximate surface area is 159 Å². The second-order valence-electron chi connectivity index (χ2n) is 7.30. The molecule has 27 heavy (non-hydrogen) atoms. The third-order valence-electron chi connectivity index (χ3n) is 5.73. The van der Waals surface area contributed by atoms with E-state index >= 15 is 0 Å². The lowest BCUT2D eigenvalue weighted by Gasteiger charge is -2.17. The zero-order valence-electron chi connectivity index (χ0n) is 15.3. The molecule has 3 aromatic carbocycles. The van der Waals surface area contributed by atoms with Crippen LogP contribution >= 0.6 is 0 Å². The van der Waals surface area contributed by atoms with E-state index in [1.54, 1.807) is 0 Å². The van der Waals surface area contributed by atoms with Crippen LogP contribution in [0.1, 0.15) is 35.6 Å². The van der Waals surface area contributed by atoms with Crippen LogP contribution in [-0.2, 0) is 6.42 Å². The molecular weight excluding hydrogens is 330 g/mol. The maximum Gasteiger partial charge on any atom is 0.0851 e. The van der Waals surface area contributed by atoms with E-state index in [9.17, 15) is 5.11 Å². The molecule has 0 spiro atoms. The van der Waals surface area contributed by atoms with E-state index in [4.69, 9.17) is 0 Å². The molecule has 2 heterocycles. The number of para-hydroxylation sites is 1. The van der Waals surface area contributed by atoms with Gasteiger partial charge in [0.25, 0.3) is 0 Å². The topological polar surface area (TPSA) is 25.2 Å². The normalized spacial score (nSPS) is 15.1. The van der Waals surface area contributed by atoms with E-state index in [2.05, 4.69) is 83.4 Å². The van der Waals surface area contributed by atoms with Crippen molar-refractivity contribution in [2.75, 3.05) is 6.61 Å². The quantitative estimate of drug-likeness (QED) is 0.410. The molecule has 134 valence electrons. The highest BCUT2D eigenvalue weighted by atomic mass is 16.2. The number of unbranched alkanes of at least 4 members (excludes halogenated alkanes) is 1. The fourth-order valence-corrected chi connectivity index (χ4v) is 4.61. The molecule has 0 fully saturated rings. The summed E-state index contributed by atoms with van der Waals surface area (Å²) < 4.78 is 2.53. The maximum absolute atomic E-state index is 9.24.